The first-order valence-corrected chi connectivity index (χ1v) is 7.57. The van der Waals surface area contributed by atoms with Crippen molar-refractivity contribution in [1.29, 1.82) is 5.26 Å². The summed E-state index contributed by atoms with van der Waals surface area (Å²) in [7, 11) is 0. The van der Waals surface area contributed by atoms with Crippen LogP contribution in [0.3, 0.4) is 0 Å². The highest BCUT2D eigenvalue weighted by atomic mass is 15.2. The van der Waals surface area contributed by atoms with Gasteiger partial charge in [0.1, 0.15) is 6.07 Å². The van der Waals surface area contributed by atoms with Gasteiger partial charge >= 0.3 is 0 Å². The molecule has 0 aromatic heterocycles. The lowest BCUT2D eigenvalue weighted by molar-refractivity contribution is 0.244. The molecule has 2 atom stereocenters. The Hall–Kier alpha value is -1.49. The molecule has 0 amide bonds. The molecule has 1 aromatic rings. The number of hydrogen-bond donors (Lipinski definition) is 0. The molecule has 2 heteroatoms. The van der Waals surface area contributed by atoms with Crippen LogP contribution in [0.2, 0.25) is 0 Å². The van der Waals surface area contributed by atoms with E-state index in [0.29, 0.717) is 6.04 Å². The van der Waals surface area contributed by atoms with E-state index in [9.17, 15) is 5.26 Å². The van der Waals surface area contributed by atoms with Gasteiger partial charge in [0.05, 0.1) is 11.3 Å². The predicted octanol–water partition coefficient (Wildman–Crippen LogP) is 4.03. The fraction of sp³-hybridized carbons (Fsp3) is 0.588. The van der Waals surface area contributed by atoms with Crippen molar-refractivity contribution in [3.05, 3.63) is 29.3 Å². The minimum absolute atomic E-state index is 0.677. The van der Waals surface area contributed by atoms with Gasteiger partial charge in [0.15, 0.2) is 0 Å². The number of benzene rings is 1. The monoisotopic (exact) mass is 254 g/mol. The number of aryl methyl sites for hydroxylation is 1. The van der Waals surface area contributed by atoms with Gasteiger partial charge in [-0.2, -0.15) is 5.26 Å². The Morgan fingerprint density at radius 3 is 2.79 bits per heavy atom. The maximum Gasteiger partial charge on any atom is 0.101 e. The fourth-order valence-electron chi connectivity index (χ4n) is 3.90. The summed E-state index contributed by atoms with van der Waals surface area (Å²) in [5.41, 5.74) is 3.28. The predicted molar refractivity (Wildman–Crippen MR) is 78.2 cm³/mol. The first-order chi connectivity index (χ1) is 9.29. The van der Waals surface area contributed by atoms with Gasteiger partial charge in [-0.1, -0.05) is 18.9 Å². The fourth-order valence-corrected chi connectivity index (χ4v) is 3.90. The molecule has 2 nitrogen and oxygen atoms in total. The number of anilines is 1. The molecule has 100 valence electrons. The van der Waals surface area contributed by atoms with Crippen molar-refractivity contribution in [2.45, 2.75) is 51.5 Å². The standard InChI is InChI=1S/C17H22N2/c1-13-8-9-15(12-18)17(11-13)19-10-4-6-14-5-2-3-7-16(14)19/h8-9,11,14,16H,2-7,10H2,1H3. The molecule has 0 N–H and O–H groups in total. The van der Waals surface area contributed by atoms with E-state index in [1.807, 2.05) is 12.1 Å². The minimum Gasteiger partial charge on any atom is -0.367 e. The van der Waals surface area contributed by atoms with Crippen LogP contribution in [0.25, 0.3) is 0 Å². The molecule has 3 rings (SSSR count). The molecule has 1 aromatic carbocycles. The zero-order valence-corrected chi connectivity index (χ0v) is 11.7. The van der Waals surface area contributed by atoms with Gasteiger partial charge in [-0.3, -0.25) is 0 Å². The van der Waals surface area contributed by atoms with Crippen LogP contribution in [0.1, 0.15) is 49.7 Å². The van der Waals surface area contributed by atoms with Crippen molar-refractivity contribution in [1.82, 2.24) is 0 Å². The van der Waals surface area contributed by atoms with E-state index in [0.717, 1.165) is 18.0 Å². The summed E-state index contributed by atoms with van der Waals surface area (Å²) >= 11 is 0. The van der Waals surface area contributed by atoms with Gasteiger partial charge < -0.3 is 4.90 Å². The third-order valence-corrected chi connectivity index (χ3v) is 4.83. The summed E-state index contributed by atoms with van der Waals surface area (Å²) in [5, 5.41) is 9.36. The molecule has 2 unspecified atom stereocenters. The number of fused-ring (bicyclic) bond motifs is 1. The molecule has 1 saturated heterocycles. The Labute approximate surface area is 116 Å². The van der Waals surface area contributed by atoms with Crippen LogP contribution in [0.4, 0.5) is 5.69 Å². The Bertz CT molecular complexity index is 498. The highest BCUT2D eigenvalue weighted by Gasteiger charge is 2.34. The molecule has 0 spiro atoms. The molecule has 2 aliphatic rings. The molecule has 1 aliphatic carbocycles. The average molecular weight is 254 g/mol. The van der Waals surface area contributed by atoms with E-state index in [1.165, 1.54) is 49.8 Å². The smallest absolute Gasteiger partial charge is 0.101 e. The quantitative estimate of drug-likeness (QED) is 0.756. The van der Waals surface area contributed by atoms with Crippen LogP contribution in [-0.4, -0.2) is 12.6 Å². The van der Waals surface area contributed by atoms with Crippen molar-refractivity contribution in [3.8, 4) is 6.07 Å². The first kappa shape index (κ1) is 12.5. The van der Waals surface area contributed by atoms with Crippen molar-refractivity contribution in [2.24, 2.45) is 5.92 Å². The Morgan fingerprint density at radius 2 is 1.95 bits per heavy atom. The van der Waals surface area contributed by atoms with Crippen LogP contribution < -0.4 is 4.90 Å². The van der Waals surface area contributed by atoms with Gasteiger partial charge in [-0.15, -0.1) is 0 Å². The van der Waals surface area contributed by atoms with Gasteiger partial charge in [0.25, 0.3) is 0 Å². The molecule has 2 fully saturated rings. The Kier molecular flexibility index (Phi) is 3.46. The van der Waals surface area contributed by atoms with E-state index in [-0.39, 0.29) is 0 Å². The number of nitriles is 1. The zero-order valence-electron chi connectivity index (χ0n) is 11.7. The van der Waals surface area contributed by atoms with Crippen molar-refractivity contribution < 1.29 is 0 Å². The minimum atomic E-state index is 0.677. The van der Waals surface area contributed by atoms with Crippen molar-refractivity contribution in [2.75, 3.05) is 11.4 Å². The van der Waals surface area contributed by atoms with E-state index in [1.54, 1.807) is 0 Å². The summed E-state index contributed by atoms with van der Waals surface area (Å²) in [6.45, 7) is 3.24. The Morgan fingerprint density at radius 1 is 1.16 bits per heavy atom. The lowest BCUT2D eigenvalue weighted by Gasteiger charge is -2.45. The van der Waals surface area contributed by atoms with Crippen LogP contribution in [0.5, 0.6) is 0 Å². The lowest BCUT2D eigenvalue weighted by atomic mass is 9.78. The summed E-state index contributed by atoms with van der Waals surface area (Å²) in [5.74, 6) is 0.856. The number of nitrogens with zero attached hydrogens (tertiary/aromatic N) is 2. The van der Waals surface area contributed by atoms with Gasteiger partial charge in [0.2, 0.25) is 0 Å². The van der Waals surface area contributed by atoms with Gasteiger partial charge in [-0.25, -0.2) is 0 Å². The summed E-state index contributed by atoms with van der Waals surface area (Å²) in [4.78, 5) is 2.54. The second-order valence-corrected chi connectivity index (χ2v) is 6.08. The largest absolute Gasteiger partial charge is 0.367 e. The van der Waals surface area contributed by atoms with Crippen LogP contribution >= 0.6 is 0 Å². The lowest BCUT2D eigenvalue weighted by Crippen LogP contribution is -2.47. The van der Waals surface area contributed by atoms with Crippen molar-refractivity contribution >= 4 is 5.69 Å². The highest BCUT2D eigenvalue weighted by Crippen LogP contribution is 2.38. The number of piperidine rings is 1. The van der Waals surface area contributed by atoms with E-state index in [2.05, 4.69) is 24.0 Å². The van der Waals surface area contributed by atoms with Crippen molar-refractivity contribution in [3.63, 3.8) is 0 Å². The molecule has 1 aliphatic heterocycles. The molecule has 1 heterocycles. The van der Waals surface area contributed by atoms with Gasteiger partial charge in [-0.05, 0) is 56.2 Å². The zero-order chi connectivity index (χ0) is 13.2. The SMILES string of the molecule is Cc1ccc(C#N)c(N2CCCC3CCCCC32)c1. The Balaban J connectivity index is 1.96. The van der Waals surface area contributed by atoms with E-state index in [4.69, 9.17) is 0 Å². The second kappa shape index (κ2) is 5.25. The molecule has 1 saturated carbocycles. The summed E-state index contributed by atoms with van der Waals surface area (Å²) < 4.78 is 0. The van der Waals surface area contributed by atoms with E-state index < -0.39 is 0 Å². The highest BCUT2D eigenvalue weighted by molar-refractivity contribution is 5.61. The molecular formula is C17H22N2. The summed E-state index contributed by atoms with van der Waals surface area (Å²) in [6, 6.07) is 9.28. The normalized spacial score (nSPS) is 26.6. The third kappa shape index (κ3) is 2.34. The number of rotatable bonds is 1. The second-order valence-electron chi connectivity index (χ2n) is 6.08. The first-order valence-electron chi connectivity index (χ1n) is 7.57. The van der Waals surface area contributed by atoms with Gasteiger partial charge in [0, 0.05) is 12.6 Å². The molecular weight excluding hydrogens is 232 g/mol. The van der Waals surface area contributed by atoms with Crippen LogP contribution in [0, 0.1) is 24.2 Å². The summed E-state index contributed by atoms with van der Waals surface area (Å²) in [6.07, 6.45) is 8.10. The number of hydrogen-bond acceptors (Lipinski definition) is 2. The average Bonchev–Trinajstić information content (AvgIpc) is 2.46. The topological polar surface area (TPSA) is 27.0 Å². The van der Waals surface area contributed by atoms with Crippen LogP contribution in [0.15, 0.2) is 18.2 Å². The molecule has 0 bridgehead atoms. The molecule has 0 radical (unpaired) electrons. The maximum absolute atomic E-state index is 9.36. The third-order valence-electron chi connectivity index (χ3n) is 4.83. The molecule has 19 heavy (non-hydrogen) atoms. The maximum atomic E-state index is 9.36. The van der Waals surface area contributed by atoms with Crippen LogP contribution in [-0.2, 0) is 0 Å². The van der Waals surface area contributed by atoms with E-state index >= 15 is 0 Å².